The molecule has 1 aliphatic heterocycles. The topological polar surface area (TPSA) is 82.7 Å². The van der Waals surface area contributed by atoms with Gasteiger partial charge >= 0.3 is 0 Å². The third-order valence-electron chi connectivity index (χ3n) is 6.61. The van der Waals surface area contributed by atoms with Gasteiger partial charge in [0.15, 0.2) is 5.82 Å². The summed E-state index contributed by atoms with van der Waals surface area (Å²) in [4.78, 5) is 17.9. The minimum absolute atomic E-state index is 0.0222. The molecule has 168 valence electrons. The lowest BCUT2D eigenvalue weighted by atomic mass is 10.0. The van der Waals surface area contributed by atoms with E-state index in [9.17, 15) is 9.18 Å². The molecule has 1 aliphatic carbocycles. The van der Waals surface area contributed by atoms with Crippen molar-refractivity contribution < 1.29 is 4.39 Å². The molecule has 3 aromatic rings. The smallest absolute Gasteiger partial charge is 0.293 e. The summed E-state index contributed by atoms with van der Waals surface area (Å²) < 4.78 is 16.1. The molecule has 33 heavy (non-hydrogen) atoms. The number of nitrogens with one attached hydrogen (secondary N) is 2. The second-order valence-electron chi connectivity index (χ2n) is 8.96. The van der Waals surface area contributed by atoms with Crippen molar-refractivity contribution >= 4 is 5.82 Å². The molecule has 7 heteroatoms. The number of aromatic nitrogens is 2. The molecule has 0 bridgehead atoms. The summed E-state index contributed by atoms with van der Waals surface area (Å²) in [5, 5.41) is 15.7. The first-order valence-corrected chi connectivity index (χ1v) is 11.4. The van der Waals surface area contributed by atoms with Gasteiger partial charge in [0, 0.05) is 24.7 Å². The summed E-state index contributed by atoms with van der Waals surface area (Å²) >= 11 is 0. The molecule has 2 heterocycles. The Labute approximate surface area is 192 Å². The van der Waals surface area contributed by atoms with E-state index in [-0.39, 0.29) is 16.9 Å². The van der Waals surface area contributed by atoms with E-state index in [1.165, 1.54) is 30.5 Å². The van der Waals surface area contributed by atoms with Gasteiger partial charge in [0.05, 0.1) is 17.0 Å². The second kappa shape index (κ2) is 8.80. The van der Waals surface area contributed by atoms with Crippen molar-refractivity contribution in [3.63, 3.8) is 0 Å². The van der Waals surface area contributed by atoms with E-state index < -0.39 is 5.82 Å². The Morgan fingerprint density at radius 3 is 2.58 bits per heavy atom. The summed E-state index contributed by atoms with van der Waals surface area (Å²) in [7, 11) is 1.72. The van der Waals surface area contributed by atoms with Gasteiger partial charge in [-0.2, -0.15) is 5.26 Å². The van der Waals surface area contributed by atoms with Crippen molar-refractivity contribution in [1.82, 2.24) is 14.9 Å². The van der Waals surface area contributed by atoms with Crippen LogP contribution in [0.25, 0.3) is 22.5 Å². The molecule has 2 aliphatic rings. The quantitative estimate of drug-likeness (QED) is 0.601. The molecule has 1 atom stereocenters. The van der Waals surface area contributed by atoms with Gasteiger partial charge in [0.25, 0.3) is 5.56 Å². The molecule has 0 spiro atoms. The zero-order valence-corrected chi connectivity index (χ0v) is 18.6. The highest BCUT2D eigenvalue weighted by atomic mass is 19.1. The molecule has 2 N–H and O–H groups in total. The van der Waals surface area contributed by atoms with Gasteiger partial charge in [-0.25, -0.2) is 9.37 Å². The summed E-state index contributed by atoms with van der Waals surface area (Å²) in [6.45, 7) is 2.53. The number of anilines is 1. The standard InChI is InChI=1S/C26H26FN5O/c1-32-24(19-6-4-18(5-7-19)17-2-3-17)23(20-8-9-21(13-28)22(27)12-20)31-25(26(32)33)30-15-16-10-11-29-14-16/h4-9,12,16-17,29H,2-3,10-11,14-15H2,1H3,(H,30,31)/t16-/m0/s1. The van der Waals surface area contributed by atoms with Crippen LogP contribution in [0.4, 0.5) is 10.2 Å². The predicted octanol–water partition coefficient (Wildman–Crippen LogP) is 4.02. The molecule has 1 saturated heterocycles. The maximum atomic E-state index is 14.5. The average Bonchev–Trinajstić information content (AvgIpc) is 3.55. The monoisotopic (exact) mass is 443 g/mol. The number of nitrogens with zero attached hydrogens (tertiary/aromatic N) is 3. The molecule has 1 aromatic heterocycles. The van der Waals surface area contributed by atoms with Crippen LogP contribution in [0.1, 0.15) is 36.3 Å². The van der Waals surface area contributed by atoms with Crippen molar-refractivity contribution in [2.24, 2.45) is 13.0 Å². The Morgan fingerprint density at radius 1 is 1.18 bits per heavy atom. The molecule has 2 fully saturated rings. The van der Waals surface area contributed by atoms with Gasteiger partial charge < -0.3 is 15.2 Å². The summed E-state index contributed by atoms with van der Waals surface area (Å²) in [5.41, 5.74) is 3.55. The van der Waals surface area contributed by atoms with Gasteiger partial charge in [0.1, 0.15) is 11.9 Å². The van der Waals surface area contributed by atoms with Crippen LogP contribution in [-0.2, 0) is 7.05 Å². The fraction of sp³-hybridized carbons (Fsp3) is 0.346. The SMILES string of the molecule is Cn1c(-c2ccc(C3CC3)cc2)c(-c2ccc(C#N)c(F)c2)nc(NC[C@H]2CCNC2)c1=O. The maximum absolute atomic E-state index is 14.5. The summed E-state index contributed by atoms with van der Waals surface area (Å²) in [5.74, 6) is 0.710. The van der Waals surface area contributed by atoms with Gasteiger partial charge in [-0.1, -0.05) is 30.3 Å². The van der Waals surface area contributed by atoms with E-state index in [0.29, 0.717) is 35.3 Å². The van der Waals surface area contributed by atoms with Gasteiger partial charge in [0.2, 0.25) is 0 Å². The Kier molecular flexibility index (Phi) is 5.69. The molecule has 2 aromatic carbocycles. The highest BCUT2D eigenvalue weighted by Crippen LogP contribution is 2.41. The minimum Gasteiger partial charge on any atom is -0.365 e. The van der Waals surface area contributed by atoms with E-state index in [1.807, 2.05) is 18.2 Å². The lowest BCUT2D eigenvalue weighted by Gasteiger charge is -2.18. The first kappa shape index (κ1) is 21.4. The number of rotatable bonds is 6. The predicted molar refractivity (Wildman–Crippen MR) is 126 cm³/mol. The number of halogens is 1. The van der Waals surface area contributed by atoms with Crippen LogP contribution >= 0.6 is 0 Å². The third kappa shape index (κ3) is 4.27. The van der Waals surface area contributed by atoms with E-state index in [1.54, 1.807) is 17.7 Å². The highest BCUT2D eigenvalue weighted by molar-refractivity contribution is 5.79. The number of hydrogen-bond acceptors (Lipinski definition) is 5. The fourth-order valence-corrected chi connectivity index (χ4v) is 4.49. The minimum atomic E-state index is -0.604. The number of benzene rings is 2. The lowest BCUT2D eigenvalue weighted by molar-refractivity contribution is 0.613. The van der Waals surface area contributed by atoms with E-state index in [2.05, 4.69) is 22.8 Å². The zero-order chi connectivity index (χ0) is 22.9. The largest absolute Gasteiger partial charge is 0.365 e. The van der Waals surface area contributed by atoms with Gasteiger partial charge in [-0.15, -0.1) is 0 Å². The number of nitriles is 1. The van der Waals surface area contributed by atoms with E-state index in [4.69, 9.17) is 10.2 Å². The van der Waals surface area contributed by atoms with Crippen LogP contribution in [0, 0.1) is 23.1 Å². The molecular weight excluding hydrogens is 417 g/mol. The van der Waals surface area contributed by atoms with Crippen molar-refractivity contribution in [2.75, 3.05) is 25.0 Å². The normalized spacial score (nSPS) is 17.7. The van der Waals surface area contributed by atoms with Crippen LogP contribution in [0.5, 0.6) is 0 Å². The molecule has 5 rings (SSSR count). The van der Waals surface area contributed by atoms with Crippen LogP contribution in [0.2, 0.25) is 0 Å². The van der Waals surface area contributed by atoms with Gasteiger partial charge in [-0.05, 0) is 61.9 Å². The molecule has 1 saturated carbocycles. The maximum Gasteiger partial charge on any atom is 0.293 e. The Morgan fingerprint density at radius 2 is 1.94 bits per heavy atom. The van der Waals surface area contributed by atoms with E-state index in [0.717, 1.165) is 25.1 Å². The summed E-state index contributed by atoms with van der Waals surface area (Å²) in [6.07, 6.45) is 3.48. The van der Waals surface area contributed by atoms with Crippen LogP contribution < -0.4 is 16.2 Å². The van der Waals surface area contributed by atoms with Gasteiger partial charge in [-0.3, -0.25) is 4.79 Å². The van der Waals surface area contributed by atoms with Crippen LogP contribution in [0.15, 0.2) is 47.3 Å². The molecule has 0 radical (unpaired) electrons. The van der Waals surface area contributed by atoms with Crippen LogP contribution in [0.3, 0.4) is 0 Å². The zero-order valence-electron chi connectivity index (χ0n) is 18.6. The van der Waals surface area contributed by atoms with Crippen LogP contribution in [-0.4, -0.2) is 29.2 Å². The van der Waals surface area contributed by atoms with Crippen molar-refractivity contribution in [3.05, 3.63) is 69.8 Å². The fourth-order valence-electron chi connectivity index (χ4n) is 4.49. The third-order valence-corrected chi connectivity index (χ3v) is 6.61. The lowest BCUT2D eigenvalue weighted by Crippen LogP contribution is -2.27. The number of hydrogen-bond donors (Lipinski definition) is 2. The Hall–Kier alpha value is -3.50. The van der Waals surface area contributed by atoms with Crippen molar-refractivity contribution in [2.45, 2.75) is 25.2 Å². The molecular formula is C26H26FN5O. The molecule has 0 unspecified atom stereocenters. The Balaban J connectivity index is 1.61. The molecule has 0 amide bonds. The highest BCUT2D eigenvalue weighted by Gasteiger charge is 2.24. The Bertz CT molecular complexity index is 1280. The first-order valence-electron chi connectivity index (χ1n) is 11.4. The van der Waals surface area contributed by atoms with Crippen molar-refractivity contribution in [3.8, 4) is 28.6 Å². The second-order valence-corrected chi connectivity index (χ2v) is 8.96. The van der Waals surface area contributed by atoms with Crippen molar-refractivity contribution in [1.29, 1.82) is 5.26 Å². The molecule has 6 nitrogen and oxygen atoms in total. The first-order chi connectivity index (χ1) is 16.0. The van der Waals surface area contributed by atoms with E-state index >= 15 is 0 Å². The average molecular weight is 444 g/mol. The summed E-state index contributed by atoms with van der Waals surface area (Å²) in [6, 6.07) is 14.5.